The van der Waals surface area contributed by atoms with Crippen molar-refractivity contribution in [2.75, 3.05) is 4.90 Å². The fourth-order valence-corrected chi connectivity index (χ4v) is 5.78. The third-order valence-corrected chi connectivity index (χ3v) is 7.52. The number of hydrogen-bond acceptors (Lipinski definition) is 5. The largest absolute Gasteiger partial charge is 0.384 e. The molecule has 4 nitrogen and oxygen atoms in total. The number of nitrogens with zero attached hydrogens (tertiary/aromatic N) is 2. The Kier molecular flexibility index (Phi) is 5.04. The third kappa shape index (κ3) is 3.15. The molecule has 0 fully saturated rings. The molecule has 1 aliphatic heterocycles. The monoisotopic (exact) mass is 437 g/mol. The summed E-state index contributed by atoms with van der Waals surface area (Å²) in [6.07, 6.45) is 1.15. The van der Waals surface area contributed by atoms with Gasteiger partial charge in [0.05, 0.1) is 23.2 Å². The lowest BCUT2D eigenvalue weighted by atomic mass is 9.69. The zero-order valence-electron chi connectivity index (χ0n) is 17.5. The molecule has 4 rings (SSSR count). The number of carbonyl (C=O) groups excluding carboxylic acids is 1. The van der Waals surface area contributed by atoms with Crippen molar-refractivity contribution in [2.45, 2.75) is 46.5 Å². The number of anilines is 1. The molecular formula is C24H24ClN3OS. The summed E-state index contributed by atoms with van der Waals surface area (Å²) in [6.45, 7) is 8.15. The van der Waals surface area contributed by atoms with Crippen LogP contribution >= 0.6 is 22.9 Å². The van der Waals surface area contributed by atoms with Gasteiger partial charge in [0.1, 0.15) is 5.82 Å². The predicted octanol–water partition coefficient (Wildman–Crippen LogP) is 5.96. The third-order valence-electron chi connectivity index (χ3n) is 6.02. The van der Waals surface area contributed by atoms with Gasteiger partial charge in [-0.2, -0.15) is 5.26 Å². The number of benzene rings is 1. The van der Waals surface area contributed by atoms with E-state index in [2.05, 4.69) is 19.9 Å². The number of nitrogens with two attached hydrogens (primary N) is 1. The van der Waals surface area contributed by atoms with Gasteiger partial charge in [-0.3, -0.25) is 9.69 Å². The van der Waals surface area contributed by atoms with Crippen LogP contribution in [0.4, 0.5) is 5.69 Å². The Balaban J connectivity index is 2.05. The predicted molar refractivity (Wildman–Crippen MR) is 122 cm³/mol. The molecule has 0 amide bonds. The standard InChI is InChI=1S/C24H24ClN3OS/c1-13-8-9-30-22(13)20-15(12-26)23(27)28(17-7-5-6-16(25)14(17)2)18-10-24(3,4)11-19(29)21(18)20/h5-9,20H,10-11,27H2,1-4H3/t20-/m1/s1. The fourth-order valence-electron chi connectivity index (χ4n) is 4.56. The van der Waals surface area contributed by atoms with Crippen LogP contribution in [0.5, 0.6) is 0 Å². The Morgan fingerprint density at radius 3 is 2.63 bits per heavy atom. The number of carbonyl (C=O) groups is 1. The summed E-state index contributed by atoms with van der Waals surface area (Å²) in [4.78, 5) is 16.4. The molecule has 1 aromatic carbocycles. The summed E-state index contributed by atoms with van der Waals surface area (Å²) < 4.78 is 0. The summed E-state index contributed by atoms with van der Waals surface area (Å²) in [6, 6.07) is 10.00. The van der Waals surface area contributed by atoms with E-state index in [1.165, 1.54) is 0 Å². The maximum atomic E-state index is 13.5. The second-order valence-electron chi connectivity index (χ2n) is 8.83. The Hall–Kier alpha value is -2.55. The SMILES string of the molecule is Cc1ccsc1[C@@H]1C(C#N)=C(N)N(c2cccc(Cl)c2C)C2=C1C(=O)CC(C)(C)C2. The lowest BCUT2D eigenvalue weighted by molar-refractivity contribution is -0.118. The van der Waals surface area contributed by atoms with Crippen molar-refractivity contribution < 1.29 is 4.79 Å². The van der Waals surface area contributed by atoms with Crippen LogP contribution in [0.25, 0.3) is 0 Å². The van der Waals surface area contributed by atoms with Crippen LogP contribution in [0.15, 0.2) is 52.3 Å². The van der Waals surface area contributed by atoms with Crippen molar-refractivity contribution in [3.8, 4) is 6.07 Å². The maximum absolute atomic E-state index is 13.5. The molecule has 1 aromatic heterocycles. The van der Waals surface area contributed by atoms with Crippen molar-refractivity contribution in [2.24, 2.45) is 11.1 Å². The van der Waals surface area contributed by atoms with E-state index in [0.29, 0.717) is 34.8 Å². The van der Waals surface area contributed by atoms with E-state index in [1.807, 2.05) is 48.4 Å². The van der Waals surface area contributed by atoms with Crippen molar-refractivity contribution >= 4 is 34.4 Å². The number of halogens is 1. The van der Waals surface area contributed by atoms with Gasteiger partial charge in [-0.05, 0) is 60.4 Å². The van der Waals surface area contributed by atoms with Crippen LogP contribution in [0.3, 0.4) is 0 Å². The van der Waals surface area contributed by atoms with Gasteiger partial charge < -0.3 is 5.73 Å². The van der Waals surface area contributed by atoms with Crippen LogP contribution in [0.2, 0.25) is 5.02 Å². The molecule has 1 aliphatic carbocycles. The Bertz CT molecular complexity index is 1170. The molecule has 0 unspecified atom stereocenters. The minimum absolute atomic E-state index is 0.0870. The molecule has 2 aliphatic rings. The lowest BCUT2D eigenvalue weighted by Crippen LogP contribution is -2.42. The average Bonchev–Trinajstić information content (AvgIpc) is 3.08. The summed E-state index contributed by atoms with van der Waals surface area (Å²) in [5.74, 6) is 0.0539. The number of aryl methyl sites for hydroxylation is 1. The van der Waals surface area contributed by atoms with Crippen molar-refractivity contribution in [1.29, 1.82) is 5.26 Å². The highest BCUT2D eigenvalue weighted by molar-refractivity contribution is 7.10. The van der Waals surface area contributed by atoms with E-state index in [0.717, 1.165) is 27.4 Å². The highest BCUT2D eigenvalue weighted by Crippen LogP contribution is 2.52. The molecule has 0 radical (unpaired) electrons. The van der Waals surface area contributed by atoms with E-state index in [1.54, 1.807) is 11.3 Å². The number of rotatable bonds is 2. The number of thiophene rings is 1. The smallest absolute Gasteiger partial charge is 0.162 e. The number of nitriles is 1. The van der Waals surface area contributed by atoms with Crippen molar-refractivity contribution in [3.63, 3.8) is 0 Å². The van der Waals surface area contributed by atoms with E-state index >= 15 is 0 Å². The number of Topliss-reactive ketones (excluding diaryl/α,β-unsaturated/α-hetero) is 1. The molecule has 0 saturated heterocycles. The number of ketones is 1. The van der Waals surface area contributed by atoms with Gasteiger partial charge in [0.25, 0.3) is 0 Å². The van der Waals surface area contributed by atoms with Gasteiger partial charge >= 0.3 is 0 Å². The summed E-state index contributed by atoms with van der Waals surface area (Å²) in [5, 5.41) is 12.7. The molecule has 2 aromatic rings. The van der Waals surface area contributed by atoms with Crippen LogP contribution in [-0.2, 0) is 4.79 Å². The minimum atomic E-state index is -0.413. The topological polar surface area (TPSA) is 70.1 Å². The molecule has 2 heterocycles. The zero-order chi connectivity index (χ0) is 21.8. The van der Waals surface area contributed by atoms with Crippen LogP contribution < -0.4 is 10.6 Å². The Morgan fingerprint density at radius 1 is 1.27 bits per heavy atom. The molecule has 154 valence electrons. The molecule has 1 atom stereocenters. The first-order valence-electron chi connectivity index (χ1n) is 9.91. The average molecular weight is 438 g/mol. The fraction of sp³-hybridized carbons (Fsp3) is 0.333. The second-order valence-corrected chi connectivity index (χ2v) is 10.2. The highest BCUT2D eigenvalue weighted by Gasteiger charge is 2.45. The molecule has 0 saturated carbocycles. The molecule has 6 heteroatoms. The van der Waals surface area contributed by atoms with Crippen molar-refractivity contribution in [1.82, 2.24) is 0 Å². The maximum Gasteiger partial charge on any atom is 0.162 e. The van der Waals surface area contributed by atoms with Crippen LogP contribution in [0.1, 0.15) is 48.6 Å². The second kappa shape index (κ2) is 7.30. The molecule has 0 spiro atoms. The van der Waals surface area contributed by atoms with E-state index in [4.69, 9.17) is 17.3 Å². The Labute approximate surface area is 186 Å². The van der Waals surface area contributed by atoms with Gasteiger partial charge in [-0.25, -0.2) is 0 Å². The van der Waals surface area contributed by atoms with Gasteiger partial charge in [-0.15, -0.1) is 11.3 Å². The van der Waals surface area contributed by atoms with Gasteiger partial charge in [0, 0.05) is 27.6 Å². The number of hydrogen-bond donors (Lipinski definition) is 1. The normalized spacial score (nSPS) is 21.0. The van der Waals surface area contributed by atoms with Crippen molar-refractivity contribution in [3.05, 3.63) is 73.3 Å². The molecule has 2 N–H and O–H groups in total. The Morgan fingerprint density at radius 2 is 2.00 bits per heavy atom. The summed E-state index contributed by atoms with van der Waals surface area (Å²) in [5.41, 5.74) is 11.2. The first-order valence-corrected chi connectivity index (χ1v) is 11.2. The highest BCUT2D eigenvalue weighted by atomic mass is 35.5. The first-order chi connectivity index (χ1) is 14.2. The lowest BCUT2D eigenvalue weighted by Gasteiger charge is -2.44. The number of allylic oxidation sites excluding steroid dienone is 3. The molecular weight excluding hydrogens is 414 g/mol. The zero-order valence-corrected chi connectivity index (χ0v) is 19.1. The van der Waals surface area contributed by atoms with Crippen LogP contribution in [0, 0.1) is 30.6 Å². The van der Waals surface area contributed by atoms with Gasteiger partial charge in [-0.1, -0.05) is 31.5 Å². The quantitative estimate of drug-likeness (QED) is 0.629. The van der Waals surface area contributed by atoms with E-state index in [-0.39, 0.29) is 11.2 Å². The van der Waals surface area contributed by atoms with Gasteiger partial charge in [0.15, 0.2) is 5.78 Å². The minimum Gasteiger partial charge on any atom is -0.384 e. The van der Waals surface area contributed by atoms with Gasteiger partial charge in [0.2, 0.25) is 0 Å². The molecule has 30 heavy (non-hydrogen) atoms. The van der Waals surface area contributed by atoms with E-state index in [9.17, 15) is 10.1 Å². The van der Waals surface area contributed by atoms with E-state index < -0.39 is 5.92 Å². The summed E-state index contributed by atoms with van der Waals surface area (Å²) >= 11 is 7.98. The molecule has 0 bridgehead atoms. The first kappa shape index (κ1) is 20.7. The van der Waals surface area contributed by atoms with Crippen LogP contribution in [-0.4, -0.2) is 5.78 Å². The summed E-state index contributed by atoms with van der Waals surface area (Å²) in [7, 11) is 0.